The van der Waals surface area contributed by atoms with Crippen molar-refractivity contribution in [3.8, 4) is 0 Å². The molecule has 0 bridgehead atoms. The highest BCUT2D eigenvalue weighted by atomic mass is 35.5. The number of rotatable bonds is 7. The Hall–Kier alpha value is -1.96. The SMILES string of the molecule is Cc1ccc(CCN(CC2CCCO2)C(=O)c2cn(C3CCNCC3)nn2)cc1.Cl. The number of amides is 1. The monoisotopic (exact) mass is 433 g/mol. The van der Waals surface area contributed by atoms with E-state index in [0.29, 0.717) is 24.8 Å². The number of benzene rings is 1. The van der Waals surface area contributed by atoms with Gasteiger partial charge in [0.2, 0.25) is 0 Å². The predicted octanol–water partition coefficient (Wildman–Crippen LogP) is 2.80. The minimum Gasteiger partial charge on any atom is -0.376 e. The molecule has 164 valence electrons. The molecule has 0 radical (unpaired) electrons. The molecule has 1 amide bonds. The van der Waals surface area contributed by atoms with Crippen LogP contribution in [0.15, 0.2) is 30.5 Å². The summed E-state index contributed by atoms with van der Waals surface area (Å²) < 4.78 is 7.67. The van der Waals surface area contributed by atoms with Gasteiger partial charge < -0.3 is 15.0 Å². The van der Waals surface area contributed by atoms with Crippen LogP contribution in [-0.2, 0) is 11.2 Å². The van der Waals surface area contributed by atoms with Crippen molar-refractivity contribution >= 4 is 18.3 Å². The van der Waals surface area contributed by atoms with E-state index in [1.54, 1.807) is 0 Å². The Morgan fingerprint density at radius 1 is 1.23 bits per heavy atom. The maximum Gasteiger partial charge on any atom is 0.276 e. The van der Waals surface area contributed by atoms with Gasteiger partial charge in [0.05, 0.1) is 18.3 Å². The molecule has 1 aromatic heterocycles. The zero-order valence-corrected chi connectivity index (χ0v) is 18.4. The lowest BCUT2D eigenvalue weighted by Gasteiger charge is -2.25. The second-order valence-corrected chi connectivity index (χ2v) is 8.19. The van der Waals surface area contributed by atoms with Crippen molar-refractivity contribution in [2.24, 2.45) is 0 Å². The molecular formula is C22H32ClN5O2. The lowest BCUT2D eigenvalue weighted by molar-refractivity contribution is 0.0524. The summed E-state index contributed by atoms with van der Waals surface area (Å²) in [5.41, 5.74) is 2.92. The summed E-state index contributed by atoms with van der Waals surface area (Å²) in [5, 5.41) is 11.8. The topological polar surface area (TPSA) is 72.3 Å². The largest absolute Gasteiger partial charge is 0.376 e. The first kappa shape index (κ1) is 22.7. The third-order valence-corrected chi connectivity index (χ3v) is 5.94. The molecule has 1 N–H and O–H groups in total. The lowest BCUT2D eigenvalue weighted by atomic mass is 10.1. The average molecular weight is 434 g/mol. The number of hydrogen-bond acceptors (Lipinski definition) is 5. The molecule has 1 aromatic carbocycles. The van der Waals surface area contributed by atoms with Crippen LogP contribution < -0.4 is 5.32 Å². The van der Waals surface area contributed by atoms with E-state index in [2.05, 4.69) is 46.8 Å². The minimum atomic E-state index is -0.0483. The third-order valence-electron chi connectivity index (χ3n) is 5.94. The molecule has 7 nitrogen and oxygen atoms in total. The van der Waals surface area contributed by atoms with Crippen molar-refractivity contribution < 1.29 is 9.53 Å². The van der Waals surface area contributed by atoms with E-state index in [1.165, 1.54) is 11.1 Å². The van der Waals surface area contributed by atoms with Gasteiger partial charge in [-0.1, -0.05) is 35.0 Å². The van der Waals surface area contributed by atoms with E-state index >= 15 is 0 Å². The summed E-state index contributed by atoms with van der Waals surface area (Å²) in [5.74, 6) is -0.0483. The summed E-state index contributed by atoms with van der Waals surface area (Å²) in [6.07, 6.45) is 6.88. The zero-order valence-electron chi connectivity index (χ0n) is 17.6. The molecule has 1 atom stereocenters. The van der Waals surface area contributed by atoms with E-state index in [1.807, 2.05) is 15.8 Å². The Labute approximate surface area is 184 Å². The minimum absolute atomic E-state index is 0. The summed E-state index contributed by atoms with van der Waals surface area (Å²) in [7, 11) is 0. The predicted molar refractivity (Wildman–Crippen MR) is 118 cm³/mol. The molecule has 4 rings (SSSR count). The molecule has 2 saturated heterocycles. The number of piperidine rings is 1. The summed E-state index contributed by atoms with van der Waals surface area (Å²) in [6, 6.07) is 8.83. The number of nitrogens with zero attached hydrogens (tertiary/aromatic N) is 4. The molecule has 2 aliphatic heterocycles. The van der Waals surface area contributed by atoms with Crippen LogP contribution in [0.3, 0.4) is 0 Å². The van der Waals surface area contributed by atoms with Gasteiger partial charge in [0.25, 0.3) is 5.91 Å². The van der Waals surface area contributed by atoms with Crippen LogP contribution in [0, 0.1) is 6.92 Å². The van der Waals surface area contributed by atoms with Crippen LogP contribution in [0.5, 0.6) is 0 Å². The fourth-order valence-electron chi connectivity index (χ4n) is 4.12. The van der Waals surface area contributed by atoms with Crippen LogP contribution in [0.25, 0.3) is 0 Å². The van der Waals surface area contributed by atoms with Gasteiger partial charge >= 0.3 is 0 Å². The normalized spacial score (nSPS) is 19.4. The van der Waals surface area contributed by atoms with Gasteiger partial charge in [0.15, 0.2) is 5.69 Å². The number of carbonyl (C=O) groups excluding carboxylic acids is 1. The number of hydrogen-bond donors (Lipinski definition) is 1. The summed E-state index contributed by atoms with van der Waals surface area (Å²) >= 11 is 0. The van der Waals surface area contributed by atoms with Crippen LogP contribution >= 0.6 is 12.4 Å². The first-order chi connectivity index (χ1) is 14.2. The molecule has 3 heterocycles. The van der Waals surface area contributed by atoms with Crippen LogP contribution in [-0.4, -0.2) is 64.7 Å². The molecule has 0 aliphatic carbocycles. The molecule has 1 unspecified atom stereocenters. The number of aryl methyl sites for hydroxylation is 1. The number of aromatic nitrogens is 3. The van der Waals surface area contributed by atoms with Crippen molar-refractivity contribution in [2.45, 2.75) is 51.2 Å². The number of nitrogens with one attached hydrogen (secondary N) is 1. The molecule has 2 fully saturated rings. The maximum absolute atomic E-state index is 13.2. The Morgan fingerprint density at radius 2 is 2.00 bits per heavy atom. The van der Waals surface area contributed by atoms with Gasteiger partial charge in [-0.15, -0.1) is 17.5 Å². The lowest BCUT2D eigenvalue weighted by Crippen LogP contribution is -2.39. The van der Waals surface area contributed by atoms with Gasteiger partial charge in [-0.2, -0.15) is 0 Å². The second kappa shape index (κ2) is 10.9. The standard InChI is InChI=1S/C22H31N5O2.ClH/c1-17-4-6-18(7-5-17)10-13-26(15-20-3-2-14-29-20)22(28)21-16-27(25-24-21)19-8-11-23-12-9-19;/h4-7,16,19-20,23H,2-3,8-15H2,1H3;1H. The smallest absolute Gasteiger partial charge is 0.276 e. The number of carbonyl (C=O) groups is 1. The molecular weight excluding hydrogens is 402 g/mol. The zero-order chi connectivity index (χ0) is 20.1. The first-order valence-electron chi connectivity index (χ1n) is 10.8. The molecule has 0 spiro atoms. The first-order valence-corrected chi connectivity index (χ1v) is 10.8. The highest BCUT2D eigenvalue weighted by Gasteiger charge is 2.26. The Balaban J connectivity index is 0.00000256. The average Bonchev–Trinajstić information content (AvgIpc) is 3.45. The Morgan fingerprint density at radius 3 is 2.70 bits per heavy atom. The highest BCUT2D eigenvalue weighted by molar-refractivity contribution is 5.92. The third kappa shape index (κ3) is 5.80. The van der Waals surface area contributed by atoms with E-state index in [9.17, 15) is 4.79 Å². The van der Waals surface area contributed by atoms with Crippen molar-refractivity contribution in [2.75, 3.05) is 32.8 Å². The van der Waals surface area contributed by atoms with Gasteiger partial charge in [-0.25, -0.2) is 4.68 Å². The van der Waals surface area contributed by atoms with Crippen LogP contribution in [0.1, 0.15) is 53.3 Å². The molecule has 2 aromatic rings. The van der Waals surface area contributed by atoms with Gasteiger partial charge in [-0.05, 0) is 57.7 Å². The molecule has 0 saturated carbocycles. The van der Waals surface area contributed by atoms with Crippen LogP contribution in [0.2, 0.25) is 0 Å². The van der Waals surface area contributed by atoms with Gasteiger partial charge in [0, 0.05) is 19.7 Å². The quantitative estimate of drug-likeness (QED) is 0.726. The van der Waals surface area contributed by atoms with E-state index in [-0.39, 0.29) is 24.4 Å². The van der Waals surface area contributed by atoms with Crippen molar-refractivity contribution in [1.82, 2.24) is 25.2 Å². The van der Waals surface area contributed by atoms with Crippen molar-refractivity contribution in [1.29, 1.82) is 0 Å². The Bertz CT molecular complexity index is 798. The fraction of sp³-hybridized carbons (Fsp3) is 0.591. The Kier molecular flexibility index (Phi) is 8.24. The number of halogens is 1. The van der Waals surface area contributed by atoms with Gasteiger partial charge in [-0.3, -0.25) is 4.79 Å². The summed E-state index contributed by atoms with van der Waals surface area (Å²) in [4.78, 5) is 15.1. The van der Waals surface area contributed by atoms with Crippen molar-refractivity contribution in [3.63, 3.8) is 0 Å². The molecule has 8 heteroatoms. The van der Waals surface area contributed by atoms with Crippen molar-refractivity contribution in [3.05, 3.63) is 47.3 Å². The van der Waals surface area contributed by atoms with E-state index in [4.69, 9.17) is 4.74 Å². The van der Waals surface area contributed by atoms with Gasteiger partial charge in [0.1, 0.15) is 0 Å². The fourth-order valence-corrected chi connectivity index (χ4v) is 4.12. The van der Waals surface area contributed by atoms with Crippen LogP contribution in [0.4, 0.5) is 0 Å². The molecule has 30 heavy (non-hydrogen) atoms. The maximum atomic E-state index is 13.2. The molecule has 2 aliphatic rings. The summed E-state index contributed by atoms with van der Waals surface area (Å²) in [6.45, 7) is 6.11. The van der Waals surface area contributed by atoms with E-state index < -0.39 is 0 Å². The highest BCUT2D eigenvalue weighted by Crippen LogP contribution is 2.19. The number of ether oxygens (including phenoxy) is 1. The second-order valence-electron chi connectivity index (χ2n) is 8.19. The van der Waals surface area contributed by atoms with E-state index in [0.717, 1.165) is 51.8 Å².